The minimum atomic E-state index is 0.522. The highest BCUT2D eigenvalue weighted by Crippen LogP contribution is 2.31. The van der Waals surface area contributed by atoms with Gasteiger partial charge in [0.25, 0.3) is 0 Å². The number of hydrogen-bond acceptors (Lipinski definition) is 5. The van der Waals surface area contributed by atoms with Crippen molar-refractivity contribution in [2.24, 2.45) is 7.05 Å². The lowest BCUT2D eigenvalue weighted by molar-refractivity contribution is 0.474. The maximum atomic E-state index is 9.44. The topological polar surface area (TPSA) is 70.6 Å². The van der Waals surface area contributed by atoms with Crippen molar-refractivity contribution in [3.05, 3.63) is 34.8 Å². The van der Waals surface area contributed by atoms with Crippen LogP contribution in [0.5, 0.6) is 0 Å². The molecule has 22 heavy (non-hydrogen) atoms. The number of aryl methyl sites for hydroxylation is 2. The van der Waals surface area contributed by atoms with Crippen LogP contribution in [0.1, 0.15) is 41.3 Å². The molecule has 0 unspecified atom stereocenters. The zero-order valence-corrected chi connectivity index (χ0v) is 13.2. The fourth-order valence-electron chi connectivity index (χ4n) is 3.12. The Morgan fingerprint density at radius 2 is 1.95 bits per heavy atom. The van der Waals surface area contributed by atoms with Crippen molar-refractivity contribution in [3.63, 3.8) is 0 Å². The Kier molecular flexibility index (Phi) is 3.80. The molecule has 6 heteroatoms. The molecule has 1 fully saturated rings. The van der Waals surface area contributed by atoms with Crippen LogP contribution in [0.2, 0.25) is 0 Å². The van der Waals surface area contributed by atoms with Gasteiger partial charge in [0.15, 0.2) is 5.82 Å². The third-order valence-corrected chi connectivity index (χ3v) is 4.62. The summed E-state index contributed by atoms with van der Waals surface area (Å²) >= 11 is 0. The highest BCUT2D eigenvalue weighted by atomic mass is 15.3. The van der Waals surface area contributed by atoms with E-state index in [0.29, 0.717) is 11.5 Å². The minimum absolute atomic E-state index is 0.522. The van der Waals surface area contributed by atoms with Crippen LogP contribution in [0.4, 0.5) is 5.82 Å². The van der Waals surface area contributed by atoms with Crippen molar-refractivity contribution in [1.29, 1.82) is 5.26 Å². The number of hydrogen-bond donors (Lipinski definition) is 0. The van der Waals surface area contributed by atoms with E-state index in [1.165, 1.54) is 5.69 Å². The summed E-state index contributed by atoms with van der Waals surface area (Å²) in [5.41, 5.74) is 3.70. The molecule has 0 bridgehead atoms. The van der Waals surface area contributed by atoms with Crippen LogP contribution in [-0.4, -0.2) is 33.1 Å². The van der Waals surface area contributed by atoms with E-state index in [4.69, 9.17) is 0 Å². The summed E-state index contributed by atoms with van der Waals surface area (Å²) in [6, 6.07) is 4.39. The average molecular weight is 296 g/mol. The third kappa shape index (κ3) is 2.43. The Hall–Kier alpha value is -2.42. The molecular weight excluding hydrogens is 276 g/mol. The van der Waals surface area contributed by atoms with Crippen LogP contribution in [0.3, 0.4) is 0 Å². The predicted molar refractivity (Wildman–Crippen MR) is 83.6 cm³/mol. The van der Waals surface area contributed by atoms with Crippen molar-refractivity contribution in [2.75, 3.05) is 18.0 Å². The minimum Gasteiger partial charge on any atom is -0.354 e. The average Bonchev–Trinajstić information content (AvgIpc) is 2.96. The van der Waals surface area contributed by atoms with Gasteiger partial charge in [-0.1, -0.05) is 0 Å². The van der Waals surface area contributed by atoms with Gasteiger partial charge in [0, 0.05) is 37.9 Å². The molecule has 0 amide bonds. The highest BCUT2D eigenvalue weighted by molar-refractivity contribution is 5.57. The molecule has 1 aliphatic rings. The van der Waals surface area contributed by atoms with E-state index in [2.05, 4.69) is 32.3 Å². The Labute approximate surface area is 130 Å². The van der Waals surface area contributed by atoms with E-state index >= 15 is 0 Å². The Bertz CT molecular complexity index is 719. The molecule has 0 aromatic carbocycles. The number of rotatable bonds is 2. The van der Waals surface area contributed by atoms with Gasteiger partial charge >= 0.3 is 0 Å². The van der Waals surface area contributed by atoms with E-state index in [1.54, 1.807) is 0 Å². The molecule has 0 atom stereocenters. The Morgan fingerprint density at radius 1 is 1.23 bits per heavy atom. The van der Waals surface area contributed by atoms with Crippen LogP contribution in [0, 0.1) is 25.2 Å². The van der Waals surface area contributed by atoms with Gasteiger partial charge in [0.05, 0.1) is 5.69 Å². The van der Waals surface area contributed by atoms with Gasteiger partial charge in [-0.2, -0.15) is 15.5 Å². The van der Waals surface area contributed by atoms with Crippen molar-refractivity contribution >= 4 is 5.82 Å². The summed E-state index contributed by atoms with van der Waals surface area (Å²) in [5, 5.41) is 22.2. The van der Waals surface area contributed by atoms with Crippen molar-refractivity contribution < 1.29 is 0 Å². The zero-order valence-electron chi connectivity index (χ0n) is 13.2. The summed E-state index contributed by atoms with van der Waals surface area (Å²) in [7, 11) is 1.99. The zero-order chi connectivity index (χ0) is 15.7. The highest BCUT2D eigenvalue weighted by Gasteiger charge is 2.25. The van der Waals surface area contributed by atoms with Crippen LogP contribution in [0.25, 0.3) is 0 Å². The van der Waals surface area contributed by atoms with E-state index in [1.807, 2.05) is 31.8 Å². The SMILES string of the molecule is Cc1nnc(N2CCC(c3ccnn3C)CC2)c(C#N)c1C. The fourth-order valence-corrected chi connectivity index (χ4v) is 3.12. The molecule has 2 aromatic heterocycles. The van der Waals surface area contributed by atoms with Gasteiger partial charge in [-0.25, -0.2) is 0 Å². The summed E-state index contributed by atoms with van der Waals surface area (Å²) in [4.78, 5) is 2.19. The number of piperidine rings is 1. The molecule has 3 heterocycles. The second kappa shape index (κ2) is 5.76. The van der Waals surface area contributed by atoms with Crippen LogP contribution in [-0.2, 0) is 7.05 Å². The molecular formula is C16H20N6. The van der Waals surface area contributed by atoms with Crippen LogP contribution >= 0.6 is 0 Å². The molecule has 0 spiro atoms. The lowest BCUT2D eigenvalue weighted by Crippen LogP contribution is -2.35. The van der Waals surface area contributed by atoms with Gasteiger partial charge < -0.3 is 4.90 Å². The smallest absolute Gasteiger partial charge is 0.169 e. The monoisotopic (exact) mass is 296 g/mol. The molecule has 3 rings (SSSR count). The lowest BCUT2D eigenvalue weighted by Gasteiger charge is -2.33. The molecule has 2 aromatic rings. The Morgan fingerprint density at radius 3 is 2.55 bits per heavy atom. The molecule has 0 radical (unpaired) electrons. The summed E-state index contributed by atoms with van der Waals surface area (Å²) in [6.45, 7) is 5.61. The third-order valence-electron chi connectivity index (χ3n) is 4.62. The first kappa shape index (κ1) is 14.5. The molecule has 1 aliphatic heterocycles. The van der Waals surface area contributed by atoms with Crippen molar-refractivity contribution in [3.8, 4) is 6.07 Å². The number of nitrogens with zero attached hydrogens (tertiary/aromatic N) is 6. The van der Waals surface area contributed by atoms with Gasteiger partial charge in [-0.05, 0) is 38.3 Å². The maximum Gasteiger partial charge on any atom is 0.169 e. The summed E-state index contributed by atoms with van der Waals surface area (Å²) < 4.78 is 1.96. The van der Waals surface area contributed by atoms with E-state index in [0.717, 1.165) is 43.0 Å². The maximum absolute atomic E-state index is 9.44. The largest absolute Gasteiger partial charge is 0.354 e. The second-order valence-electron chi connectivity index (χ2n) is 5.86. The first-order valence-corrected chi connectivity index (χ1v) is 7.58. The quantitative estimate of drug-likeness (QED) is 0.848. The predicted octanol–water partition coefficient (Wildman–Crippen LogP) is 2.08. The van der Waals surface area contributed by atoms with E-state index in [9.17, 15) is 5.26 Å². The van der Waals surface area contributed by atoms with Gasteiger partial charge in [0.1, 0.15) is 11.6 Å². The normalized spacial score (nSPS) is 15.8. The van der Waals surface area contributed by atoms with E-state index in [-0.39, 0.29) is 0 Å². The first-order valence-electron chi connectivity index (χ1n) is 7.58. The summed E-state index contributed by atoms with van der Waals surface area (Å²) in [5.74, 6) is 1.25. The summed E-state index contributed by atoms with van der Waals surface area (Å²) in [6.07, 6.45) is 3.93. The standard InChI is InChI=1S/C16H20N6/c1-11-12(2)19-20-16(14(11)10-17)22-8-5-13(6-9-22)15-4-7-18-21(15)3/h4,7,13H,5-6,8-9H2,1-3H3. The fraction of sp³-hybridized carbons (Fsp3) is 0.500. The number of nitriles is 1. The number of aromatic nitrogens is 4. The molecule has 0 saturated carbocycles. The van der Waals surface area contributed by atoms with Gasteiger partial charge in [-0.3, -0.25) is 4.68 Å². The van der Waals surface area contributed by atoms with Crippen molar-refractivity contribution in [2.45, 2.75) is 32.6 Å². The second-order valence-corrected chi connectivity index (χ2v) is 5.86. The lowest BCUT2D eigenvalue weighted by atomic mass is 9.93. The van der Waals surface area contributed by atoms with E-state index < -0.39 is 0 Å². The molecule has 6 nitrogen and oxygen atoms in total. The molecule has 0 aliphatic carbocycles. The van der Waals surface area contributed by atoms with Crippen LogP contribution in [0.15, 0.2) is 12.3 Å². The molecule has 114 valence electrons. The molecule has 1 saturated heterocycles. The van der Waals surface area contributed by atoms with Crippen molar-refractivity contribution in [1.82, 2.24) is 20.0 Å². The van der Waals surface area contributed by atoms with Gasteiger partial charge in [0.2, 0.25) is 0 Å². The first-order chi connectivity index (χ1) is 10.6. The number of anilines is 1. The molecule has 0 N–H and O–H groups in total. The van der Waals surface area contributed by atoms with Crippen LogP contribution < -0.4 is 4.90 Å². The van der Waals surface area contributed by atoms with Gasteiger partial charge in [-0.15, -0.1) is 5.10 Å². The Balaban J connectivity index is 1.79.